The minimum absolute atomic E-state index is 0.345. The van der Waals surface area contributed by atoms with E-state index in [-0.39, 0.29) is 0 Å². The van der Waals surface area contributed by atoms with Crippen LogP contribution in [0.15, 0.2) is 18.2 Å². The van der Waals surface area contributed by atoms with Gasteiger partial charge in [0, 0.05) is 10.6 Å². The molecule has 1 aromatic carbocycles. The van der Waals surface area contributed by atoms with E-state index in [1.165, 1.54) is 0 Å². The van der Waals surface area contributed by atoms with Gasteiger partial charge in [-0.3, -0.25) is 0 Å². The summed E-state index contributed by atoms with van der Waals surface area (Å²) >= 11 is 5.81. The van der Waals surface area contributed by atoms with E-state index in [0.29, 0.717) is 10.6 Å². The maximum Gasteiger partial charge on any atom is 0.170 e. The van der Waals surface area contributed by atoms with Crippen molar-refractivity contribution in [1.29, 1.82) is 5.26 Å². The van der Waals surface area contributed by atoms with Crippen LogP contribution >= 0.6 is 11.6 Å². The number of halogens is 1. The molecule has 0 spiro atoms. The molecule has 1 aromatic rings. The van der Waals surface area contributed by atoms with Crippen molar-refractivity contribution in [2.75, 3.05) is 0 Å². The van der Waals surface area contributed by atoms with Gasteiger partial charge in [-0.25, -0.2) is 0 Å². The molecule has 2 N–H and O–H groups in total. The lowest BCUT2D eigenvalue weighted by atomic mass is 10.0. The molecule has 0 aliphatic carbocycles. The number of rotatable bonds is 2. The molecule has 0 saturated carbocycles. The lowest BCUT2D eigenvalue weighted by molar-refractivity contribution is 0.0528. The monoisotopic (exact) mass is 211 g/mol. The molecule has 4 heteroatoms. The fourth-order valence-corrected chi connectivity index (χ4v) is 1.36. The van der Waals surface area contributed by atoms with Crippen molar-refractivity contribution in [2.24, 2.45) is 0 Å². The van der Waals surface area contributed by atoms with E-state index < -0.39 is 12.2 Å². The summed E-state index contributed by atoms with van der Waals surface area (Å²) in [5.74, 6) is 0. The number of nitriles is 1. The lowest BCUT2D eigenvalue weighted by Gasteiger charge is -2.14. The first kappa shape index (κ1) is 11.0. The molecule has 0 bridgehead atoms. The van der Waals surface area contributed by atoms with Gasteiger partial charge in [-0.15, -0.1) is 0 Å². The molecule has 0 radical (unpaired) electrons. The zero-order chi connectivity index (χ0) is 10.7. The zero-order valence-corrected chi connectivity index (χ0v) is 8.36. The van der Waals surface area contributed by atoms with Gasteiger partial charge in [0.2, 0.25) is 0 Å². The third kappa shape index (κ3) is 2.24. The Balaban J connectivity index is 3.07. The highest BCUT2D eigenvalue weighted by Gasteiger charge is 2.20. The summed E-state index contributed by atoms with van der Waals surface area (Å²) in [6.07, 6.45) is -2.71. The van der Waals surface area contributed by atoms with Crippen LogP contribution in [0.4, 0.5) is 0 Å². The largest absolute Gasteiger partial charge is 0.384 e. The summed E-state index contributed by atoms with van der Waals surface area (Å²) in [5, 5.41) is 27.4. The van der Waals surface area contributed by atoms with Crippen LogP contribution in [-0.4, -0.2) is 16.3 Å². The first-order chi connectivity index (χ1) is 6.56. The summed E-state index contributed by atoms with van der Waals surface area (Å²) in [5.41, 5.74) is 1.29. The maximum absolute atomic E-state index is 9.54. The molecule has 14 heavy (non-hydrogen) atoms. The molecular formula is C10H10ClNO2. The smallest absolute Gasteiger partial charge is 0.170 e. The van der Waals surface area contributed by atoms with Crippen LogP contribution in [0.25, 0.3) is 0 Å². The van der Waals surface area contributed by atoms with Crippen LogP contribution in [-0.2, 0) is 0 Å². The highest BCUT2D eigenvalue weighted by molar-refractivity contribution is 6.31. The average molecular weight is 212 g/mol. The van der Waals surface area contributed by atoms with Crippen LogP contribution in [0.2, 0.25) is 5.02 Å². The number of aliphatic hydroxyl groups excluding tert-OH is 2. The van der Waals surface area contributed by atoms with Gasteiger partial charge in [0.1, 0.15) is 6.10 Å². The Hall–Kier alpha value is -1.08. The van der Waals surface area contributed by atoms with E-state index in [1.807, 2.05) is 6.92 Å². The first-order valence-corrected chi connectivity index (χ1v) is 4.46. The van der Waals surface area contributed by atoms with Gasteiger partial charge < -0.3 is 10.2 Å². The molecule has 2 unspecified atom stereocenters. The van der Waals surface area contributed by atoms with Crippen LogP contribution in [0, 0.1) is 18.3 Å². The molecule has 3 nitrogen and oxygen atoms in total. The second-order valence-electron chi connectivity index (χ2n) is 3.04. The minimum atomic E-state index is -1.45. The molecule has 1 rings (SSSR count). The Labute approximate surface area is 87.2 Å². The highest BCUT2D eigenvalue weighted by atomic mass is 35.5. The highest BCUT2D eigenvalue weighted by Crippen LogP contribution is 2.26. The van der Waals surface area contributed by atoms with Crippen molar-refractivity contribution in [1.82, 2.24) is 0 Å². The molecular weight excluding hydrogens is 202 g/mol. The fourth-order valence-electron chi connectivity index (χ4n) is 1.13. The summed E-state index contributed by atoms with van der Waals surface area (Å²) in [6, 6.07) is 6.62. The van der Waals surface area contributed by atoms with Gasteiger partial charge in [0.15, 0.2) is 6.10 Å². The molecule has 0 aliphatic rings. The Kier molecular flexibility index (Phi) is 3.48. The molecule has 0 aliphatic heterocycles. The second-order valence-corrected chi connectivity index (χ2v) is 3.45. The van der Waals surface area contributed by atoms with Crippen molar-refractivity contribution >= 4 is 11.6 Å². The molecule has 0 aromatic heterocycles. The van der Waals surface area contributed by atoms with E-state index in [0.717, 1.165) is 5.56 Å². The third-order valence-corrected chi connectivity index (χ3v) is 2.25. The number of nitrogens with zero attached hydrogens (tertiary/aromatic N) is 1. The number of aliphatic hydroxyl groups is 2. The van der Waals surface area contributed by atoms with Crippen LogP contribution in [0.1, 0.15) is 17.2 Å². The Morgan fingerprint density at radius 2 is 2.07 bits per heavy atom. The predicted molar refractivity (Wildman–Crippen MR) is 52.8 cm³/mol. The van der Waals surface area contributed by atoms with E-state index in [9.17, 15) is 5.11 Å². The summed E-state index contributed by atoms with van der Waals surface area (Å²) in [4.78, 5) is 0. The number of hydrogen-bond donors (Lipinski definition) is 2. The van der Waals surface area contributed by atoms with Gasteiger partial charge in [-0.05, 0) is 13.0 Å². The molecule has 0 heterocycles. The Morgan fingerprint density at radius 1 is 1.43 bits per heavy atom. The third-order valence-electron chi connectivity index (χ3n) is 1.90. The van der Waals surface area contributed by atoms with E-state index in [4.69, 9.17) is 22.0 Å². The van der Waals surface area contributed by atoms with E-state index in [2.05, 4.69) is 0 Å². The van der Waals surface area contributed by atoms with Crippen molar-refractivity contribution in [2.45, 2.75) is 19.1 Å². The second kappa shape index (κ2) is 4.43. The van der Waals surface area contributed by atoms with Gasteiger partial charge in [0.25, 0.3) is 0 Å². The SMILES string of the molecule is Cc1ccc(Cl)c(C(O)C(O)C#N)c1. The zero-order valence-electron chi connectivity index (χ0n) is 7.61. The predicted octanol–water partition coefficient (Wildman–Crippen LogP) is 1.57. The Morgan fingerprint density at radius 3 is 2.64 bits per heavy atom. The quantitative estimate of drug-likeness (QED) is 0.730. The maximum atomic E-state index is 9.54. The summed E-state index contributed by atoms with van der Waals surface area (Å²) < 4.78 is 0. The molecule has 0 amide bonds. The standard InChI is InChI=1S/C10H10ClNO2/c1-6-2-3-8(11)7(4-6)10(14)9(13)5-12/h2-4,9-10,13-14H,1H3. The number of hydrogen-bond acceptors (Lipinski definition) is 3. The molecule has 74 valence electrons. The first-order valence-electron chi connectivity index (χ1n) is 4.08. The minimum Gasteiger partial charge on any atom is -0.384 e. The van der Waals surface area contributed by atoms with Gasteiger partial charge >= 0.3 is 0 Å². The van der Waals surface area contributed by atoms with Crippen LogP contribution in [0.5, 0.6) is 0 Å². The average Bonchev–Trinajstić information content (AvgIpc) is 2.19. The fraction of sp³-hybridized carbons (Fsp3) is 0.300. The van der Waals surface area contributed by atoms with Crippen molar-refractivity contribution in [3.8, 4) is 6.07 Å². The molecule has 2 atom stereocenters. The van der Waals surface area contributed by atoms with Crippen LogP contribution in [0.3, 0.4) is 0 Å². The topological polar surface area (TPSA) is 64.2 Å². The Bertz CT molecular complexity index is 373. The van der Waals surface area contributed by atoms with Gasteiger partial charge in [0.05, 0.1) is 6.07 Å². The van der Waals surface area contributed by atoms with E-state index >= 15 is 0 Å². The number of aryl methyl sites for hydroxylation is 1. The van der Waals surface area contributed by atoms with Gasteiger partial charge in [-0.2, -0.15) is 5.26 Å². The van der Waals surface area contributed by atoms with Crippen molar-refractivity contribution < 1.29 is 10.2 Å². The van der Waals surface area contributed by atoms with Crippen molar-refractivity contribution in [3.05, 3.63) is 34.3 Å². The van der Waals surface area contributed by atoms with Crippen LogP contribution < -0.4 is 0 Å². The van der Waals surface area contributed by atoms with Gasteiger partial charge in [-0.1, -0.05) is 29.3 Å². The lowest BCUT2D eigenvalue weighted by Crippen LogP contribution is -2.16. The van der Waals surface area contributed by atoms with E-state index in [1.54, 1.807) is 24.3 Å². The van der Waals surface area contributed by atoms with Crippen molar-refractivity contribution in [3.63, 3.8) is 0 Å². The normalized spacial score (nSPS) is 14.5. The summed E-state index contributed by atoms with van der Waals surface area (Å²) in [7, 11) is 0. The number of benzene rings is 1. The molecule has 0 saturated heterocycles. The molecule has 0 fully saturated rings. The summed E-state index contributed by atoms with van der Waals surface area (Å²) in [6.45, 7) is 1.84.